The normalized spacial score (nSPS) is 9.50. The van der Waals surface area contributed by atoms with Gasteiger partial charge in [-0.2, -0.15) is 5.26 Å². The molecule has 0 atom stereocenters. The molecule has 1 aromatic heterocycles. The average Bonchev–Trinajstić information content (AvgIpc) is 2.33. The molecule has 0 saturated heterocycles. The molecule has 0 unspecified atom stereocenters. The van der Waals surface area contributed by atoms with Gasteiger partial charge < -0.3 is 4.74 Å². The summed E-state index contributed by atoms with van der Waals surface area (Å²) in [5.74, 6) is 1.34. The molecule has 0 N–H and O–H groups in total. The SMILES string of the molecule is N#Cc1ccc(Oc2ccc(Br)nc2)cc1. The lowest BCUT2D eigenvalue weighted by atomic mass is 10.2. The molecule has 0 spiro atoms. The van der Waals surface area contributed by atoms with Crippen molar-refractivity contribution in [1.29, 1.82) is 5.26 Å². The Labute approximate surface area is 101 Å². The van der Waals surface area contributed by atoms with E-state index >= 15 is 0 Å². The topological polar surface area (TPSA) is 45.9 Å². The summed E-state index contributed by atoms with van der Waals surface area (Å²) in [7, 11) is 0. The summed E-state index contributed by atoms with van der Waals surface area (Å²) < 4.78 is 6.30. The number of hydrogen-bond acceptors (Lipinski definition) is 3. The second-order valence-corrected chi connectivity index (χ2v) is 3.87. The fourth-order valence-electron chi connectivity index (χ4n) is 1.16. The molecule has 1 aromatic carbocycles. The van der Waals surface area contributed by atoms with Crippen LogP contribution in [0.2, 0.25) is 0 Å². The number of aromatic nitrogens is 1. The smallest absolute Gasteiger partial charge is 0.145 e. The van der Waals surface area contributed by atoms with Crippen molar-refractivity contribution in [3.8, 4) is 17.6 Å². The van der Waals surface area contributed by atoms with Gasteiger partial charge in [-0.3, -0.25) is 0 Å². The highest BCUT2D eigenvalue weighted by Gasteiger charge is 1.98. The third-order valence-electron chi connectivity index (χ3n) is 1.92. The number of nitrogens with zero attached hydrogens (tertiary/aromatic N) is 2. The van der Waals surface area contributed by atoms with E-state index in [0.717, 1.165) is 4.60 Å². The van der Waals surface area contributed by atoms with Crippen LogP contribution < -0.4 is 4.74 Å². The zero-order chi connectivity index (χ0) is 11.4. The Morgan fingerprint density at radius 2 is 1.75 bits per heavy atom. The molecule has 16 heavy (non-hydrogen) atoms. The molecule has 0 aliphatic heterocycles. The van der Waals surface area contributed by atoms with Crippen LogP contribution in [-0.2, 0) is 0 Å². The van der Waals surface area contributed by atoms with Gasteiger partial charge in [-0.15, -0.1) is 0 Å². The van der Waals surface area contributed by atoms with E-state index in [1.165, 1.54) is 0 Å². The molecule has 0 saturated carbocycles. The van der Waals surface area contributed by atoms with Gasteiger partial charge >= 0.3 is 0 Å². The Morgan fingerprint density at radius 3 is 2.31 bits per heavy atom. The lowest BCUT2D eigenvalue weighted by Crippen LogP contribution is -1.85. The van der Waals surface area contributed by atoms with E-state index in [2.05, 4.69) is 27.0 Å². The van der Waals surface area contributed by atoms with Crippen molar-refractivity contribution in [2.45, 2.75) is 0 Å². The Hall–Kier alpha value is -1.86. The summed E-state index contributed by atoms with van der Waals surface area (Å²) >= 11 is 3.25. The van der Waals surface area contributed by atoms with Crippen molar-refractivity contribution in [2.75, 3.05) is 0 Å². The van der Waals surface area contributed by atoms with E-state index < -0.39 is 0 Å². The molecule has 0 fully saturated rings. The number of benzene rings is 1. The van der Waals surface area contributed by atoms with Crippen molar-refractivity contribution in [3.63, 3.8) is 0 Å². The highest BCUT2D eigenvalue weighted by atomic mass is 79.9. The monoisotopic (exact) mass is 274 g/mol. The van der Waals surface area contributed by atoms with Crippen molar-refractivity contribution in [1.82, 2.24) is 4.98 Å². The van der Waals surface area contributed by atoms with E-state index in [0.29, 0.717) is 17.1 Å². The molecule has 78 valence electrons. The maximum Gasteiger partial charge on any atom is 0.145 e. The Bertz CT molecular complexity index is 514. The van der Waals surface area contributed by atoms with E-state index in [-0.39, 0.29) is 0 Å². The first-order chi connectivity index (χ1) is 7.78. The van der Waals surface area contributed by atoms with Crippen LogP contribution >= 0.6 is 15.9 Å². The van der Waals surface area contributed by atoms with Gasteiger partial charge in [-0.25, -0.2) is 4.98 Å². The van der Waals surface area contributed by atoms with Gasteiger partial charge in [0.1, 0.15) is 16.1 Å². The molecule has 1 heterocycles. The van der Waals surface area contributed by atoms with Crippen LogP contribution in [0.4, 0.5) is 0 Å². The van der Waals surface area contributed by atoms with Gasteiger partial charge in [-0.1, -0.05) is 0 Å². The largest absolute Gasteiger partial charge is 0.456 e. The molecule has 0 radical (unpaired) electrons. The Morgan fingerprint density at radius 1 is 1.06 bits per heavy atom. The highest BCUT2D eigenvalue weighted by molar-refractivity contribution is 9.10. The fraction of sp³-hybridized carbons (Fsp3) is 0. The number of ether oxygens (including phenoxy) is 1. The molecule has 2 rings (SSSR count). The van der Waals surface area contributed by atoms with Crippen LogP contribution in [0.1, 0.15) is 5.56 Å². The standard InChI is InChI=1S/C12H7BrN2O/c13-12-6-5-11(8-15-12)16-10-3-1-9(7-14)2-4-10/h1-6,8H. The Balaban J connectivity index is 2.15. The van der Waals surface area contributed by atoms with Gasteiger partial charge in [-0.05, 0) is 52.3 Å². The lowest BCUT2D eigenvalue weighted by molar-refractivity contribution is 0.480. The third kappa shape index (κ3) is 2.59. The quantitative estimate of drug-likeness (QED) is 0.788. The zero-order valence-electron chi connectivity index (χ0n) is 8.22. The highest BCUT2D eigenvalue weighted by Crippen LogP contribution is 2.21. The predicted molar refractivity (Wildman–Crippen MR) is 63.2 cm³/mol. The molecule has 0 aliphatic rings. The van der Waals surface area contributed by atoms with Gasteiger partial charge in [0.2, 0.25) is 0 Å². The zero-order valence-corrected chi connectivity index (χ0v) is 9.81. The maximum atomic E-state index is 8.64. The summed E-state index contributed by atoms with van der Waals surface area (Å²) in [6.45, 7) is 0. The molecule has 0 bridgehead atoms. The van der Waals surface area contributed by atoms with Crippen LogP contribution in [0.15, 0.2) is 47.2 Å². The molecule has 0 aliphatic carbocycles. The van der Waals surface area contributed by atoms with Gasteiger partial charge in [0, 0.05) is 0 Å². The lowest BCUT2D eigenvalue weighted by Gasteiger charge is -2.04. The molecule has 2 aromatic rings. The Kier molecular flexibility index (Phi) is 3.18. The minimum absolute atomic E-state index is 0.612. The summed E-state index contributed by atoms with van der Waals surface area (Å²) in [5, 5.41) is 8.64. The first kappa shape index (κ1) is 10.7. The molecule has 0 amide bonds. The molecular weight excluding hydrogens is 268 g/mol. The van der Waals surface area contributed by atoms with Gasteiger partial charge in [0.15, 0.2) is 0 Å². The maximum absolute atomic E-state index is 8.64. The molecular formula is C12H7BrN2O. The average molecular weight is 275 g/mol. The van der Waals surface area contributed by atoms with E-state index in [4.69, 9.17) is 10.00 Å². The number of hydrogen-bond donors (Lipinski definition) is 0. The number of halogens is 1. The second kappa shape index (κ2) is 4.77. The third-order valence-corrected chi connectivity index (χ3v) is 2.39. The summed E-state index contributed by atoms with van der Waals surface area (Å²) in [6.07, 6.45) is 1.63. The van der Waals surface area contributed by atoms with E-state index in [9.17, 15) is 0 Å². The number of rotatable bonds is 2. The van der Waals surface area contributed by atoms with Gasteiger partial charge in [0.05, 0.1) is 17.8 Å². The van der Waals surface area contributed by atoms with Crippen LogP contribution in [0.3, 0.4) is 0 Å². The van der Waals surface area contributed by atoms with Crippen LogP contribution in [0.25, 0.3) is 0 Å². The van der Waals surface area contributed by atoms with Crippen LogP contribution in [0.5, 0.6) is 11.5 Å². The second-order valence-electron chi connectivity index (χ2n) is 3.05. The summed E-state index contributed by atoms with van der Waals surface area (Å²) in [5.41, 5.74) is 0.612. The van der Waals surface area contributed by atoms with E-state index in [1.807, 2.05) is 6.07 Å². The van der Waals surface area contributed by atoms with Crippen molar-refractivity contribution >= 4 is 15.9 Å². The van der Waals surface area contributed by atoms with Crippen LogP contribution in [0, 0.1) is 11.3 Å². The van der Waals surface area contributed by atoms with Gasteiger partial charge in [0.25, 0.3) is 0 Å². The molecule has 3 nitrogen and oxygen atoms in total. The number of nitriles is 1. The first-order valence-electron chi connectivity index (χ1n) is 4.57. The number of pyridine rings is 1. The minimum atomic E-state index is 0.612. The van der Waals surface area contributed by atoms with Crippen molar-refractivity contribution < 1.29 is 4.74 Å². The van der Waals surface area contributed by atoms with Crippen LogP contribution in [-0.4, -0.2) is 4.98 Å². The first-order valence-corrected chi connectivity index (χ1v) is 5.37. The molecule has 4 heteroatoms. The summed E-state index contributed by atoms with van der Waals surface area (Å²) in [4.78, 5) is 4.05. The fourth-order valence-corrected chi connectivity index (χ4v) is 1.39. The summed E-state index contributed by atoms with van der Waals surface area (Å²) in [6, 6.07) is 12.6. The van der Waals surface area contributed by atoms with Crippen molar-refractivity contribution in [2.24, 2.45) is 0 Å². The van der Waals surface area contributed by atoms with E-state index in [1.54, 1.807) is 36.5 Å². The van der Waals surface area contributed by atoms with Crippen molar-refractivity contribution in [3.05, 3.63) is 52.8 Å². The minimum Gasteiger partial charge on any atom is -0.456 e. The predicted octanol–water partition coefficient (Wildman–Crippen LogP) is 3.51.